The van der Waals surface area contributed by atoms with E-state index < -0.39 is 0 Å². The van der Waals surface area contributed by atoms with E-state index in [0.717, 1.165) is 29.7 Å². The Morgan fingerprint density at radius 2 is 2.33 bits per heavy atom. The fourth-order valence-corrected chi connectivity index (χ4v) is 2.43. The van der Waals surface area contributed by atoms with Gasteiger partial charge >= 0.3 is 0 Å². The SMILES string of the molecule is CNc1cn(CC2CC2)c(C(=S)NCc2cccnc2)n1. The van der Waals surface area contributed by atoms with E-state index in [2.05, 4.69) is 25.2 Å². The average molecular weight is 301 g/mol. The first-order valence-corrected chi connectivity index (χ1v) is 7.59. The third kappa shape index (κ3) is 3.58. The van der Waals surface area contributed by atoms with Crippen molar-refractivity contribution in [3.63, 3.8) is 0 Å². The molecule has 0 bridgehead atoms. The van der Waals surface area contributed by atoms with Crippen molar-refractivity contribution in [2.75, 3.05) is 12.4 Å². The Bertz CT molecular complexity index is 618. The molecule has 0 amide bonds. The summed E-state index contributed by atoms with van der Waals surface area (Å²) in [6.07, 6.45) is 8.26. The molecule has 0 atom stereocenters. The van der Waals surface area contributed by atoms with Gasteiger partial charge in [0.15, 0.2) is 5.82 Å². The highest BCUT2D eigenvalue weighted by Gasteiger charge is 2.24. The van der Waals surface area contributed by atoms with Crippen LogP contribution in [0.15, 0.2) is 30.7 Å². The molecule has 0 saturated heterocycles. The fraction of sp³-hybridized carbons (Fsp3) is 0.400. The predicted molar refractivity (Wildman–Crippen MR) is 87.3 cm³/mol. The number of thiocarbonyl (C=S) groups is 1. The van der Waals surface area contributed by atoms with Gasteiger partial charge in [0.1, 0.15) is 10.8 Å². The molecule has 0 unspecified atom stereocenters. The number of nitrogens with one attached hydrogen (secondary N) is 2. The fourth-order valence-electron chi connectivity index (χ4n) is 2.20. The minimum atomic E-state index is 0.665. The highest BCUT2D eigenvalue weighted by atomic mass is 32.1. The van der Waals surface area contributed by atoms with Crippen LogP contribution in [-0.4, -0.2) is 26.6 Å². The molecule has 2 aromatic rings. The third-order valence-electron chi connectivity index (χ3n) is 3.56. The van der Waals surface area contributed by atoms with E-state index >= 15 is 0 Å². The van der Waals surface area contributed by atoms with E-state index in [1.807, 2.05) is 31.6 Å². The summed E-state index contributed by atoms with van der Waals surface area (Å²) in [6.45, 7) is 1.66. The molecule has 2 aromatic heterocycles. The van der Waals surface area contributed by atoms with Crippen LogP contribution in [-0.2, 0) is 13.1 Å². The summed E-state index contributed by atoms with van der Waals surface area (Å²) in [4.78, 5) is 9.34. The van der Waals surface area contributed by atoms with E-state index in [0.29, 0.717) is 11.5 Å². The minimum absolute atomic E-state index is 0.665. The number of hydrogen-bond acceptors (Lipinski definition) is 4. The Labute approximate surface area is 129 Å². The first-order valence-electron chi connectivity index (χ1n) is 7.18. The highest BCUT2D eigenvalue weighted by molar-refractivity contribution is 7.80. The zero-order chi connectivity index (χ0) is 14.7. The van der Waals surface area contributed by atoms with E-state index in [1.165, 1.54) is 12.8 Å². The number of nitrogens with zero attached hydrogens (tertiary/aromatic N) is 3. The van der Waals surface area contributed by atoms with Crippen molar-refractivity contribution in [1.29, 1.82) is 0 Å². The Morgan fingerprint density at radius 1 is 1.48 bits per heavy atom. The molecule has 0 radical (unpaired) electrons. The van der Waals surface area contributed by atoms with Crippen LogP contribution in [0.1, 0.15) is 24.2 Å². The van der Waals surface area contributed by atoms with E-state index in [4.69, 9.17) is 12.2 Å². The smallest absolute Gasteiger partial charge is 0.169 e. The van der Waals surface area contributed by atoms with Gasteiger partial charge < -0.3 is 15.2 Å². The van der Waals surface area contributed by atoms with E-state index in [-0.39, 0.29) is 0 Å². The number of anilines is 1. The Hall–Kier alpha value is -1.95. The highest BCUT2D eigenvalue weighted by Crippen LogP contribution is 2.31. The van der Waals surface area contributed by atoms with Gasteiger partial charge in [-0.05, 0) is 30.4 Å². The van der Waals surface area contributed by atoms with E-state index in [9.17, 15) is 0 Å². The van der Waals surface area contributed by atoms with Crippen LogP contribution in [0.3, 0.4) is 0 Å². The Morgan fingerprint density at radius 3 is 3.00 bits per heavy atom. The lowest BCUT2D eigenvalue weighted by atomic mass is 10.3. The molecule has 2 N–H and O–H groups in total. The third-order valence-corrected chi connectivity index (χ3v) is 3.89. The van der Waals surface area contributed by atoms with Gasteiger partial charge in [0.2, 0.25) is 0 Å². The summed E-state index contributed by atoms with van der Waals surface area (Å²) in [5.74, 6) is 2.48. The maximum atomic E-state index is 5.50. The van der Waals surface area contributed by atoms with Crippen molar-refractivity contribution in [2.24, 2.45) is 5.92 Å². The van der Waals surface area contributed by atoms with Crippen molar-refractivity contribution in [3.05, 3.63) is 42.1 Å². The molecule has 0 aromatic carbocycles. The lowest BCUT2D eigenvalue weighted by Crippen LogP contribution is -2.25. The minimum Gasteiger partial charge on any atom is -0.372 e. The lowest BCUT2D eigenvalue weighted by molar-refractivity contribution is 0.620. The van der Waals surface area contributed by atoms with Gasteiger partial charge in [-0.1, -0.05) is 18.3 Å². The number of hydrogen-bond donors (Lipinski definition) is 2. The van der Waals surface area contributed by atoms with Gasteiger partial charge in [0.25, 0.3) is 0 Å². The van der Waals surface area contributed by atoms with Crippen molar-refractivity contribution < 1.29 is 0 Å². The molecule has 2 heterocycles. The van der Waals surface area contributed by atoms with Crippen LogP contribution >= 0.6 is 12.2 Å². The molecule has 21 heavy (non-hydrogen) atoms. The molecule has 1 saturated carbocycles. The van der Waals surface area contributed by atoms with Gasteiger partial charge in [0.05, 0.1) is 0 Å². The van der Waals surface area contributed by atoms with Crippen molar-refractivity contribution in [1.82, 2.24) is 19.9 Å². The molecule has 1 fully saturated rings. The topological polar surface area (TPSA) is 54.8 Å². The maximum Gasteiger partial charge on any atom is 0.169 e. The summed E-state index contributed by atoms with van der Waals surface area (Å²) in [6, 6.07) is 3.95. The summed E-state index contributed by atoms with van der Waals surface area (Å²) < 4.78 is 2.15. The van der Waals surface area contributed by atoms with Gasteiger partial charge in [-0.25, -0.2) is 4.98 Å². The lowest BCUT2D eigenvalue weighted by Gasteiger charge is -2.10. The van der Waals surface area contributed by atoms with Crippen molar-refractivity contribution in [2.45, 2.75) is 25.9 Å². The molecule has 5 nitrogen and oxygen atoms in total. The zero-order valence-electron chi connectivity index (χ0n) is 12.0. The normalized spacial score (nSPS) is 14.0. The quantitative estimate of drug-likeness (QED) is 0.801. The second kappa shape index (κ2) is 6.22. The Kier molecular flexibility index (Phi) is 4.15. The molecule has 3 rings (SSSR count). The second-order valence-electron chi connectivity index (χ2n) is 5.34. The molecule has 0 spiro atoms. The molecule has 0 aliphatic heterocycles. The molecule has 6 heteroatoms. The van der Waals surface area contributed by atoms with Gasteiger partial charge in [-0.3, -0.25) is 4.98 Å². The molecule has 110 valence electrons. The second-order valence-corrected chi connectivity index (χ2v) is 5.75. The number of rotatable bonds is 6. The van der Waals surface area contributed by atoms with Gasteiger partial charge in [0, 0.05) is 38.7 Å². The number of aromatic nitrogens is 3. The zero-order valence-corrected chi connectivity index (χ0v) is 12.9. The first kappa shape index (κ1) is 14.0. The Balaban J connectivity index is 1.69. The van der Waals surface area contributed by atoms with Gasteiger partial charge in [-0.2, -0.15) is 0 Å². The van der Waals surface area contributed by atoms with Crippen LogP contribution in [0, 0.1) is 5.92 Å². The number of pyridine rings is 1. The standard InChI is InChI=1S/C15H19N5S/c1-16-13-10-20(9-11-4-5-11)14(19-13)15(21)18-8-12-3-2-6-17-7-12/h2-3,6-7,10-11,16H,4-5,8-9H2,1H3,(H,18,21). The van der Waals surface area contributed by atoms with Crippen LogP contribution in [0.4, 0.5) is 5.82 Å². The van der Waals surface area contributed by atoms with Crippen LogP contribution < -0.4 is 10.6 Å². The van der Waals surface area contributed by atoms with E-state index in [1.54, 1.807) is 6.20 Å². The molecular weight excluding hydrogens is 282 g/mol. The maximum absolute atomic E-state index is 5.50. The van der Waals surface area contributed by atoms with Crippen LogP contribution in [0.25, 0.3) is 0 Å². The largest absolute Gasteiger partial charge is 0.372 e. The average Bonchev–Trinajstić information content (AvgIpc) is 3.23. The monoisotopic (exact) mass is 301 g/mol. The molecular formula is C15H19N5S. The van der Waals surface area contributed by atoms with Crippen molar-refractivity contribution in [3.8, 4) is 0 Å². The molecule has 1 aliphatic carbocycles. The predicted octanol–water partition coefficient (Wildman–Crippen LogP) is 2.20. The summed E-state index contributed by atoms with van der Waals surface area (Å²) in [7, 11) is 1.87. The summed E-state index contributed by atoms with van der Waals surface area (Å²) >= 11 is 5.50. The number of imidazole rings is 1. The van der Waals surface area contributed by atoms with Crippen LogP contribution in [0.2, 0.25) is 0 Å². The first-order chi connectivity index (χ1) is 10.3. The molecule has 1 aliphatic rings. The summed E-state index contributed by atoms with van der Waals surface area (Å²) in [5, 5.41) is 6.35. The van der Waals surface area contributed by atoms with Gasteiger partial charge in [-0.15, -0.1) is 0 Å². The van der Waals surface area contributed by atoms with Crippen molar-refractivity contribution >= 4 is 23.0 Å². The summed E-state index contributed by atoms with van der Waals surface area (Å²) in [5.41, 5.74) is 1.11. The van der Waals surface area contributed by atoms with Crippen LogP contribution in [0.5, 0.6) is 0 Å².